The second-order valence-corrected chi connectivity index (χ2v) is 5.14. The van der Waals surface area contributed by atoms with Crippen LogP contribution in [0.5, 0.6) is 0 Å². The van der Waals surface area contributed by atoms with Crippen molar-refractivity contribution in [3.63, 3.8) is 0 Å². The summed E-state index contributed by atoms with van der Waals surface area (Å²) in [5.41, 5.74) is 9.57. The van der Waals surface area contributed by atoms with Gasteiger partial charge in [-0.05, 0) is 42.9 Å². The van der Waals surface area contributed by atoms with E-state index >= 15 is 0 Å². The third kappa shape index (κ3) is 2.25. The summed E-state index contributed by atoms with van der Waals surface area (Å²) in [4.78, 5) is 2.50. The molecule has 3 nitrogen and oxygen atoms in total. The minimum absolute atomic E-state index is 0.788. The monoisotopic (exact) mass is 232 g/mol. The number of rotatable bonds is 2. The molecule has 0 amide bonds. The van der Waals surface area contributed by atoms with E-state index < -0.39 is 0 Å². The van der Waals surface area contributed by atoms with Crippen molar-refractivity contribution >= 4 is 11.4 Å². The highest BCUT2D eigenvalue weighted by atomic mass is 16.5. The van der Waals surface area contributed by atoms with Crippen LogP contribution in [0.15, 0.2) is 18.2 Å². The van der Waals surface area contributed by atoms with E-state index in [1.54, 1.807) is 0 Å². The fourth-order valence-corrected chi connectivity index (χ4v) is 2.89. The quantitative estimate of drug-likeness (QED) is 0.793. The predicted molar refractivity (Wildman–Crippen MR) is 70.3 cm³/mol. The van der Waals surface area contributed by atoms with E-state index in [0.29, 0.717) is 0 Å². The van der Waals surface area contributed by atoms with Crippen molar-refractivity contribution in [3.05, 3.63) is 23.8 Å². The lowest BCUT2D eigenvalue weighted by Crippen LogP contribution is -2.31. The van der Waals surface area contributed by atoms with Gasteiger partial charge in [-0.15, -0.1) is 0 Å². The Bertz CT molecular complexity index is 399. The maximum absolute atomic E-state index is 5.88. The molecular formula is C14H20N2O. The summed E-state index contributed by atoms with van der Waals surface area (Å²) < 4.78 is 5.41. The number of hydrogen-bond donors (Lipinski definition) is 1. The van der Waals surface area contributed by atoms with Crippen LogP contribution in [0.25, 0.3) is 0 Å². The number of nitrogens with two attached hydrogens (primary N) is 1. The Morgan fingerprint density at radius 2 is 2.12 bits per heavy atom. The normalized spacial score (nSPS) is 20.6. The molecule has 0 radical (unpaired) electrons. The number of anilines is 2. The molecule has 3 heteroatoms. The second-order valence-electron chi connectivity index (χ2n) is 5.14. The molecule has 1 fully saturated rings. The van der Waals surface area contributed by atoms with Gasteiger partial charge in [-0.2, -0.15) is 0 Å². The van der Waals surface area contributed by atoms with Crippen LogP contribution >= 0.6 is 0 Å². The largest absolute Gasteiger partial charge is 0.399 e. The summed E-state index contributed by atoms with van der Waals surface area (Å²) in [6.45, 7) is 4.18. The minimum Gasteiger partial charge on any atom is -0.399 e. The highest BCUT2D eigenvalue weighted by Gasteiger charge is 2.23. The smallest absolute Gasteiger partial charge is 0.0469 e. The molecule has 0 atom stereocenters. The van der Waals surface area contributed by atoms with E-state index in [4.69, 9.17) is 10.5 Å². The molecule has 92 valence electrons. The summed E-state index contributed by atoms with van der Waals surface area (Å²) in [6, 6.07) is 6.31. The third-order valence-electron chi connectivity index (χ3n) is 3.92. The molecule has 17 heavy (non-hydrogen) atoms. The van der Waals surface area contributed by atoms with Gasteiger partial charge in [0.1, 0.15) is 0 Å². The zero-order valence-corrected chi connectivity index (χ0v) is 10.2. The molecule has 2 heterocycles. The van der Waals surface area contributed by atoms with E-state index in [9.17, 15) is 0 Å². The number of hydrogen-bond acceptors (Lipinski definition) is 3. The molecule has 1 aromatic rings. The molecule has 0 unspecified atom stereocenters. The van der Waals surface area contributed by atoms with Gasteiger partial charge in [0.25, 0.3) is 0 Å². The second kappa shape index (κ2) is 4.57. The van der Waals surface area contributed by atoms with Gasteiger partial charge in [-0.1, -0.05) is 6.07 Å². The minimum atomic E-state index is 0.788. The summed E-state index contributed by atoms with van der Waals surface area (Å²) in [7, 11) is 0. The fraction of sp³-hybridized carbons (Fsp3) is 0.571. The van der Waals surface area contributed by atoms with E-state index in [1.807, 2.05) is 6.07 Å². The SMILES string of the molecule is Nc1ccc2c(c1)N(CC1CCOCC1)CC2. The molecule has 2 aliphatic heterocycles. The number of fused-ring (bicyclic) bond motifs is 1. The zero-order chi connectivity index (χ0) is 11.7. The molecule has 0 saturated carbocycles. The van der Waals surface area contributed by atoms with Crippen molar-refractivity contribution in [1.29, 1.82) is 0 Å². The van der Waals surface area contributed by atoms with Gasteiger partial charge in [-0.25, -0.2) is 0 Å². The first-order chi connectivity index (χ1) is 8.33. The van der Waals surface area contributed by atoms with Crippen LogP contribution in [0.4, 0.5) is 11.4 Å². The van der Waals surface area contributed by atoms with Gasteiger partial charge in [0.2, 0.25) is 0 Å². The molecule has 3 rings (SSSR count). The zero-order valence-electron chi connectivity index (χ0n) is 10.2. The Morgan fingerprint density at radius 3 is 2.94 bits per heavy atom. The number of nitrogen functional groups attached to an aromatic ring is 1. The Hall–Kier alpha value is -1.22. The molecule has 0 aromatic heterocycles. The van der Waals surface area contributed by atoms with Crippen LogP contribution in [0.2, 0.25) is 0 Å². The first-order valence-corrected chi connectivity index (χ1v) is 6.54. The number of ether oxygens (including phenoxy) is 1. The van der Waals surface area contributed by atoms with Crippen molar-refractivity contribution < 1.29 is 4.74 Å². The summed E-state index contributed by atoms with van der Waals surface area (Å²) in [5.74, 6) is 0.788. The topological polar surface area (TPSA) is 38.5 Å². The van der Waals surface area contributed by atoms with Crippen LogP contribution in [-0.2, 0) is 11.2 Å². The van der Waals surface area contributed by atoms with Crippen LogP contribution in [-0.4, -0.2) is 26.3 Å². The van der Waals surface area contributed by atoms with E-state index in [1.165, 1.54) is 37.1 Å². The predicted octanol–water partition coefficient (Wildman–Crippen LogP) is 2.06. The standard InChI is InChI=1S/C14H20N2O/c15-13-2-1-12-3-6-16(14(12)9-13)10-11-4-7-17-8-5-11/h1-2,9,11H,3-8,10,15H2. The summed E-state index contributed by atoms with van der Waals surface area (Å²) >= 11 is 0. The molecule has 0 spiro atoms. The highest BCUT2D eigenvalue weighted by molar-refractivity contribution is 5.64. The van der Waals surface area contributed by atoms with Crippen molar-refractivity contribution in [2.24, 2.45) is 5.92 Å². The van der Waals surface area contributed by atoms with Gasteiger partial charge in [0.15, 0.2) is 0 Å². The van der Waals surface area contributed by atoms with Gasteiger partial charge in [0, 0.05) is 37.7 Å². The van der Waals surface area contributed by atoms with Gasteiger partial charge in [-0.3, -0.25) is 0 Å². The molecule has 1 saturated heterocycles. The van der Waals surface area contributed by atoms with E-state index in [0.717, 1.165) is 31.4 Å². The van der Waals surface area contributed by atoms with Crippen molar-refractivity contribution in [2.75, 3.05) is 36.9 Å². The van der Waals surface area contributed by atoms with Gasteiger partial charge in [0.05, 0.1) is 0 Å². The van der Waals surface area contributed by atoms with Crippen LogP contribution < -0.4 is 10.6 Å². The van der Waals surface area contributed by atoms with Gasteiger partial charge < -0.3 is 15.4 Å². The van der Waals surface area contributed by atoms with Crippen molar-refractivity contribution in [3.8, 4) is 0 Å². The Kier molecular flexibility index (Phi) is 2.93. The van der Waals surface area contributed by atoms with Crippen LogP contribution in [0.3, 0.4) is 0 Å². The molecular weight excluding hydrogens is 212 g/mol. The van der Waals surface area contributed by atoms with Crippen molar-refractivity contribution in [1.82, 2.24) is 0 Å². The Labute approximate surface area is 103 Å². The molecule has 0 bridgehead atoms. The van der Waals surface area contributed by atoms with Crippen LogP contribution in [0.1, 0.15) is 18.4 Å². The fourth-order valence-electron chi connectivity index (χ4n) is 2.89. The number of benzene rings is 1. The maximum Gasteiger partial charge on any atom is 0.0469 e. The summed E-state index contributed by atoms with van der Waals surface area (Å²) in [6.07, 6.45) is 3.57. The highest BCUT2D eigenvalue weighted by Crippen LogP contribution is 2.31. The van der Waals surface area contributed by atoms with Crippen LogP contribution in [0, 0.1) is 5.92 Å². The average Bonchev–Trinajstić information content (AvgIpc) is 2.73. The van der Waals surface area contributed by atoms with Gasteiger partial charge >= 0.3 is 0 Å². The third-order valence-corrected chi connectivity index (χ3v) is 3.92. The van der Waals surface area contributed by atoms with E-state index in [2.05, 4.69) is 17.0 Å². The van der Waals surface area contributed by atoms with E-state index in [-0.39, 0.29) is 0 Å². The Morgan fingerprint density at radius 1 is 1.29 bits per heavy atom. The molecule has 0 aliphatic carbocycles. The lowest BCUT2D eigenvalue weighted by molar-refractivity contribution is 0.0683. The maximum atomic E-state index is 5.88. The summed E-state index contributed by atoms with van der Waals surface area (Å²) in [5, 5.41) is 0. The lowest BCUT2D eigenvalue weighted by Gasteiger charge is -2.28. The van der Waals surface area contributed by atoms with Crippen molar-refractivity contribution in [2.45, 2.75) is 19.3 Å². The molecule has 1 aromatic carbocycles. The Balaban J connectivity index is 1.72. The lowest BCUT2D eigenvalue weighted by atomic mass is 10.00. The first kappa shape index (κ1) is 10.9. The first-order valence-electron chi connectivity index (χ1n) is 6.54. The number of nitrogens with zero attached hydrogens (tertiary/aromatic N) is 1. The molecule has 2 aliphatic rings. The average molecular weight is 232 g/mol. The molecule has 2 N–H and O–H groups in total.